The molecule has 4 nitrogen and oxygen atoms in total. The number of carbonyl (C=O) groups is 3. The first-order valence-electron chi connectivity index (χ1n) is 4.74. The largest absolute Gasteiger partial charge is 0.469 e. The van der Waals surface area contributed by atoms with E-state index >= 15 is 0 Å². The molecule has 1 aliphatic rings. The highest BCUT2D eigenvalue weighted by Gasteiger charge is 2.26. The van der Waals surface area contributed by atoms with E-state index in [1.807, 2.05) is 0 Å². The SMILES string of the molecule is COC(=O)C1CC(=O)CCCC(=O)C1. The van der Waals surface area contributed by atoms with Crippen molar-refractivity contribution in [2.75, 3.05) is 7.11 Å². The van der Waals surface area contributed by atoms with Gasteiger partial charge in [-0.1, -0.05) is 0 Å². The van der Waals surface area contributed by atoms with Gasteiger partial charge in [0.1, 0.15) is 11.6 Å². The van der Waals surface area contributed by atoms with Gasteiger partial charge in [0.2, 0.25) is 0 Å². The second-order valence-corrected chi connectivity index (χ2v) is 3.56. The number of Topliss-reactive ketones (excluding diaryl/α,β-unsaturated/α-hetero) is 2. The van der Waals surface area contributed by atoms with Crippen LogP contribution in [-0.2, 0) is 19.1 Å². The van der Waals surface area contributed by atoms with E-state index in [9.17, 15) is 14.4 Å². The van der Waals surface area contributed by atoms with Gasteiger partial charge in [-0.2, -0.15) is 0 Å². The Morgan fingerprint density at radius 3 is 2.14 bits per heavy atom. The summed E-state index contributed by atoms with van der Waals surface area (Å²) in [6.45, 7) is 0. The fraction of sp³-hybridized carbons (Fsp3) is 0.700. The minimum atomic E-state index is -0.555. The molecular weight excluding hydrogens is 184 g/mol. The Labute approximate surface area is 82.6 Å². The molecule has 0 atom stereocenters. The first-order valence-corrected chi connectivity index (χ1v) is 4.74. The molecule has 0 aromatic rings. The smallest absolute Gasteiger partial charge is 0.309 e. The molecule has 0 saturated heterocycles. The van der Waals surface area contributed by atoms with Crippen molar-refractivity contribution in [2.45, 2.75) is 32.1 Å². The molecule has 1 saturated carbocycles. The Kier molecular flexibility index (Phi) is 3.80. The highest BCUT2D eigenvalue weighted by atomic mass is 16.5. The maximum atomic E-state index is 11.3. The van der Waals surface area contributed by atoms with Crippen molar-refractivity contribution in [3.05, 3.63) is 0 Å². The average Bonchev–Trinajstić information content (AvgIpc) is 2.13. The zero-order chi connectivity index (χ0) is 10.6. The van der Waals surface area contributed by atoms with Crippen molar-refractivity contribution in [3.8, 4) is 0 Å². The lowest BCUT2D eigenvalue weighted by atomic mass is 9.90. The van der Waals surface area contributed by atoms with Crippen molar-refractivity contribution < 1.29 is 19.1 Å². The predicted molar refractivity (Wildman–Crippen MR) is 48.6 cm³/mol. The first kappa shape index (κ1) is 10.9. The van der Waals surface area contributed by atoms with E-state index in [-0.39, 0.29) is 24.4 Å². The van der Waals surface area contributed by atoms with Crippen LogP contribution in [0.1, 0.15) is 32.1 Å². The van der Waals surface area contributed by atoms with E-state index in [0.717, 1.165) is 0 Å². The predicted octanol–water partition coefficient (Wildman–Crippen LogP) is 0.878. The maximum absolute atomic E-state index is 11.3. The number of ketones is 2. The van der Waals surface area contributed by atoms with Gasteiger partial charge in [0, 0.05) is 25.7 Å². The molecule has 1 aliphatic carbocycles. The highest BCUT2D eigenvalue weighted by molar-refractivity contribution is 5.90. The second kappa shape index (κ2) is 4.88. The van der Waals surface area contributed by atoms with Crippen LogP contribution in [0.5, 0.6) is 0 Å². The minimum Gasteiger partial charge on any atom is -0.469 e. The van der Waals surface area contributed by atoms with Crippen molar-refractivity contribution in [3.63, 3.8) is 0 Å². The van der Waals surface area contributed by atoms with Gasteiger partial charge < -0.3 is 4.74 Å². The normalized spacial score (nSPS) is 20.1. The number of esters is 1. The van der Waals surface area contributed by atoms with Crippen LogP contribution in [0, 0.1) is 5.92 Å². The van der Waals surface area contributed by atoms with Crippen molar-refractivity contribution in [1.29, 1.82) is 0 Å². The molecule has 0 bridgehead atoms. The number of methoxy groups -OCH3 is 1. The molecule has 4 heteroatoms. The quantitative estimate of drug-likeness (QED) is 0.587. The number of hydrogen-bond donors (Lipinski definition) is 0. The first-order chi connectivity index (χ1) is 6.63. The van der Waals surface area contributed by atoms with Gasteiger partial charge in [-0.3, -0.25) is 14.4 Å². The summed E-state index contributed by atoms with van der Waals surface area (Å²) in [5.74, 6) is -0.908. The van der Waals surface area contributed by atoms with Crippen LogP contribution < -0.4 is 0 Å². The van der Waals surface area contributed by atoms with Gasteiger partial charge in [0.05, 0.1) is 13.0 Å². The van der Waals surface area contributed by atoms with Crippen LogP contribution in [0.15, 0.2) is 0 Å². The summed E-state index contributed by atoms with van der Waals surface area (Å²) < 4.78 is 4.54. The number of rotatable bonds is 1. The van der Waals surface area contributed by atoms with Gasteiger partial charge in [-0.25, -0.2) is 0 Å². The lowest BCUT2D eigenvalue weighted by Crippen LogP contribution is -2.24. The topological polar surface area (TPSA) is 60.4 Å². The minimum absolute atomic E-state index is 0.0490. The summed E-state index contributed by atoms with van der Waals surface area (Å²) >= 11 is 0. The van der Waals surface area contributed by atoms with Crippen molar-refractivity contribution >= 4 is 17.5 Å². The van der Waals surface area contributed by atoms with Crippen molar-refractivity contribution in [1.82, 2.24) is 0 Å². The fourth-order valence-corrected chi connectivity index (χ4v) is 1.64. The molecule has 0 aromatic heterocycles. The number of hydrogen-bond acceptors (Lipinski definition) is 4. The van der Waals surface area contributed by atoms with Gasteiger partial charge in [-0.15, -0.1) is 0 Å². The van der Waals surface area contributed by atoms with Gasteiger partial charge >= 0.3 is 5.97 Å². The van der Waals surface area contributed by atoms with Crippen LogP contribution in [-0.4, -0.2) is 24.6 Å². The molecule has 0 radical (unpaired) electrons. The van der Waals surface area contributed by atoms with E-state index in [4.69, 9.17) is 0 Å². The lowest BCUT2D eigenvalue weighted by Gasteiger charge is -2.15. The van der Waals surface area contributed by atoms with E-state index in [2.05, 4.69) is 4.74 Å². The average molecular weight is 198 g/mol. The van der Waals surface area contributed by atoms with E-state index in [1.165, 1.54) is 7.11 Å². The molecule has 0 aromatic carbocycles. The summed E-state index contributed by atoms with van der Waals surface area (Å²) in [6.07, 6.45) is 1.72. The third kappa shape index (κ3) is 2.94. The van der Waals surface area contributed by atoms with E-state index in [0.29, 0.717) is 19.3 Å². The molecule has 14 heavy (non-hydrogen) atoms. The Bertz CT molecular complexity index is 239. The Morgan fingerprint density at radius 2 is 1.71 bits per heavy atom. The summed E-state index contributed by atoms with van der Waals surface area (Å²) in [5.41, 5.74) is 0. The zero-order valence-corrected chi connectivity index (χ0v) is 8.25. The maximum Gasteiger partial charge on any atom is 0.309 e. The zero-order valence-electron chi connectivity index (χ0n) is 8.25. The standard InChI is InChI=1S/C10H14O4/c1-14-10(13)7-5-8(11)3-2-4-9(12)6-7/h7H,2-6H2,1H3. The summed E-state index contributed by atoms with van der Waals surface area (Å²) in [6, 6.07) is 0. The van der Waals surface area contributed by atoms with Gasteiger partial charge in [0.15, 0.2) is 0 Å². The molecule has 0 N–H and O–H groups in total. The van der Waals surface area contributed by atoms with Crippen LogP contribution in [0.3, 0.4) is 0 Å². The van der Waals surface area contributed by atoms with Crippen LogP contribution in [0.2, 0.25) is 0 Å². The lowest BCUT2D eigenvalue weighted by molar-refractivity contribution is -0.149. The molecule has 0 amide bonds. The molecular formula is C10H14O4. The molecule has 0 unspecified atom stereocenters. The van der Waals surface area contributed by atoms with Gasteiger partial charge in [-0.05, 0) is 6.42 Å². The molecule has 1 rings (SSSR count). The number of carbonyl (C=O) groups excluding carboxylic acids is 3. The monoisotopic (exact) mass is 198 g/mol. The molecule has 78 valence electrons. The van der Waals surface area contributed by atoms with Crippen molar-refractivity contribution in [2.24, 2.45) is 5.92 Å². The fourth-order valence-electron chi connectivity index (χ4n) is 1.64. The van der Waals surface area contributed by atoms with E-state index in [1.54, 1.807) is 0 Å². The summed E-state index contributed by atoms with van der Waals surface area (Å²) in [5, 5.41) is 0. The molecule has 0 spiro atoms. The molecule has 0 heterocycles. The Balaban J connectivity index is 2.64. The third-order valence-corrected chi connectivity index (χ3v) is 2.39. The molecule has 0 aliphatic heterocycles. The Morgan fingerprint density at radius 1 is 1.21 bits per heavy atom. The number of ether oxygens (including phenoxy) is 1. The van der Waals surface area contributed by atoms with E-state index < -0.39 is 11.9 Å². The molecule has 1 fully saturated rings. The van der Waals surface area contributed by atoms with Gasteiger partial charge in [0.25, 0.3) is 0 Å². The Hall–Kier alpha value is -1.19. The highest BCUT2D eigenvalue weighted by Crippen LogP contribution is 2.19. The third-order valence-electron chi connectivity index (χ3n) is 2.39. The summed E-state index contributed by atoms with van der Waals surface area (Å²) in [7, 11) is 1.27. The van der Waals surface area contributed by atoms with Crippen LogP contribution >= 0.6 is 0 Å². The van der Waals surface area contributed by atoms with Crippen LogP contribution in [0.25, 0.3) is 0 Å². The van der Waals surface area contributed by atoms with Crippen LogP contribution in [0.4, 0.5) is 0 Å². The summed E-state index contributed by atoms with van der Waals surface area (Å²) in [4.78, 5) is 33.7. The second-order valence-electron chi connectivity index (χ2n) is 3.56.